The van der Waals surface area contributed by atoms with Crippen LogP contribution in [0.4, 0.5) is 0 Å². The molecule has 0 aromatic carbocycles. The zero-order chi connectivity index (χ0) is 14.0. The summed E-state index contributed by atoms with van der Waals surface area (Å²) in [6.45, 7) is 1.75. The first-order valence-electron chi connectivity index (χ1n) is 5.90. The fourth-order valence-corrected chi connectivity index (χ4v) is 1.84. The Kier molecular flexibility index (Phi) is 3.50. The Morgan fingerprint density at radius 3 is 2.89 bits per heavy atom. The molecular formula is C13H15N3O3. The second kappa shape index (κ2) is 5.09. The molecule has 0 fully saturated rings. The summed E-state index contributed by atoms with van der Waals surface area (Å²) in [6.07, 6.45) is 5.10. The minimum absolute atomic E-state index is 0.177. The van der Waals surface area contributed by atoms with Gasteiger partial charge in [0.05, 0.1) is 11.5 Å². The molecule has 0 aliphatic heterocycles. The Morgan fingerprint density at radius 1 is 1.47 bits per heavy atom. The van der Waals surface area contributed by atoms with Gasteiger partial charge in [0, 0.05) is 32.2 Å². The lowest BCUT2D eigenvalue weighted by molar-refractivity contribution is -0.141. The van der Waals surface area contributed by atoms with Crippen molar-refractivity contribution in [1.82, 2.24) is 14.3 Å². The fraction of sp³-hybridized carbons (Fsp3) is 0.308. The zero-order valence-corrected chi connectivity index (χ0v) is 10.8. The molecule has 6 heteroatoms. The van der Waals surface area contributed by atoms with Gasteiger partial charge in [-0.1, -0.05) is 6.92 Å². The lowest BCUT2D eigenvalue weighted by Crippen LogP contribution is -2.33. The highest BCUT2D eigenvalue weighted by molar-refractivity contribution is 5.94. The van der Waals surface area contributed by atoms with E-state index in [0.29, 0.717) is 5.56 Å². The van der Waals surface area contributed by atoms with Crippen molar-refractivity contribution in [3.05, 3.63) is 36.3 Å². The van der Waals surface area contributed by atoms with Crippen LogP contribution >= 0.6 is 0 Å². The highest BCUT2D eigenvalue weighted by atomic mass is 16.4. The zero-order valence-electron chi connectivity index (χ0n) is 10.8. The highest BCUT2D eigenvalue weighted by Gasteiger charge is 2.18. The summed E-state index contributed by atoms with van der Waals surface area (Å²) < 4.78 is 1.75. The molecule has 2 heterocycles. The molecule has 0 bridgehead atoms. The van der Waals surface area contributed by atoms with E-state index >= 15 is 0 Å². The Morgan fingerprint density at radius 2 is 2.21 bits per heavy atom. The first kappa shape index (κ1) is 13.1. The molecule has 6 nitrogen and oxygen atoms in total. The van der Waals surface area contributed by atoms with Gasteiger partial charge in [-0.15, -0.1) is 0 Å². The van der Waals surface area contributed by atoms with E-state index in [1.165, 1.54) is 4.90 Å². The number of carbonyl (C=O) groups is 2. The van der Waals surface area contributed by atoms with Crippen LogP contribution in [-0.2, 0) is 4.79 Å². The maximum absolute atomic E-state index is 12.2. The van der Waals surface area contributed by atoms with Crippen LogP contribution in [0, 0.1) is 5.92 Å². The quantitative estimate of drug-likeness (QED) is 0.895. The van der Waals surface area contributed by atoms with Gasteiger partial charge in [0.1, 0.15) is 5.65 Å². The number of carboxylic acids is 1. The number of carboxylic acid groups (broad SMARTS) is 1. The molecular weight excluding hydrogens is 246 g/mol. The molecule has 0 spiro atoms. The second-order valence-corrected chi connectivity index (χ2v) is 4.54. The third kappa shape index (κ3) is 2.73. The van der Waals surface area contributed by atoms with E-state index in [2.05, 4.69) is 4.98 Å². The summed E-state index contributed by atoms with van der Waals surface area (Å²) in [5.41, 5.74) is 1.27. The van der Waals surface area contributed by atoms with Gasteiger partial charge in [0.15, 0.2) is 0 Å². The smallest absolute Gasteiger partial charge is 0.308 e. The van der Waals surface area contributed by atoms with Crippen LogP contribution in [-0.4, -0.2) is 44.9 Å². The number of nitrogens with zero attached hydrogens (tertiary/aromatic N) is 3. The molecule has 2 aromatic rings. The van der Waals surface area contributed by atoms with Gasteiger partial charge < -0.3 is 14.4 Å². The molecule has 2 rings (SSSR count). The Balaban J connectivity index is 2.16. The first-order valence-corrected chi connectivity index (χ1v) is 5.90. The van der Waals surface area contributed by atoms with Gasteiger partial charge >= 0.3 is 5.97 Å². The van der Waals surface area contributed by atoms with Gasteiger partial charge in [-0.05, 0) is 12.1 Å². The SMILES string of the molecule is CC(CN(C)C(=O)c1ccc2nccn2c1)C(=O)O. The van der Waals surface area contributed by atoms with Crippen molar-refractivity contribution in [3.8, 4) is 0 Å². The summed E-state index contributed by atoms with van der Waals surface area (Å²) in [5.74, 6) is -1.71. The van der Waals surface area contributed by atoms with Gasteiger partial charge in [0.2, 0.25) is 0 Å². The largest absolute Gasteiger partial charge is 0.481 e. The van der Waals surface area contributed by atoms with Crippen LogP contribution in [0.2, 0.25) is 0 Å². The molecule has 1 amide bonds. The fourth-order valence-electron chi connectivity index (χ4n) is 1.84. The summed E-state index contributed by atoms with van der Waals surface area (Å²) in [4.78, 5) is 28.5. The minimum Gasteiger partial charge on any atom is -0.481 e. The summed E-state index contributed by atoms with van der Waals surface area (Å²) in [5, 5.41) is 8.85. The van der Waals surface area contributed by atoms with E-state index in [1.54, 1.807) is 49.1 Å². The van der Waals surface area contributed by atoms with Crippen LogP contribution in [0.5, 0.6) is 0 Å². The number of aliphatic carboxylic acids is 1. The van der Waals surface area contributed by atoms with E-state index in [-0.39, 0.29) is 12.5 Å². The van der Waals surface area contributed by atoms with Crippen molar-refractivity contribution in [3.63, 3.8) is 0 Å². The van der Waals surface area contributed by atoms with E-state index in [1.807, 2.05) is 0 Å². The Labute approximate surface area is 110 Å². The van der Waals surface area contributed by atoms with Gasteiger partial charge in [-0.2, -0.15) is 0 Å². The normalized spacial score (nSPS) is 12.3. The lowest BCUT2D eigenvalue weighted by Gasteiger charge is -2.19. The molecule has 100 valence electrons. The molecule has 0 saturated heterocycles. The third-order valence-corrected chi connectivity index (χ3v) is 2.95. The van der Waals surface area contributed by atoms with Crippen molar-refractivity contribution in [2.75, 3.05) is 13.6 Å². The average Bonchev–Trinajstić information content (AvgIpc) is 2.84. The van der Waals surface area contributed by atoms with Gasteiger partial charge in [-0.25, -0.2) is 4.98 Å². The second-order valence-electron chi connectivity index (χ2n) is 4.54. The molecule has 1 atom stereocenters. The average molecular weight is 261 g/mol. The van der Waals surface area contributed by atoms with Crippen LogP contribution in [0.25, 0.3) is 5.65 Å². The predicted octanol–water partition coefficient (Wildman–Crippen LogP) is 1.13. The predicted molar refractivity (Wildman–Crippen MR) is 69.0 cm³/mol. The molecule has 0 radical (unpaired) electrons. The molecule has 2 aromatic heterocycles. The van der Waals surface area contributed by atoms with Crippen LogP contribution in [0.1, 0.15) is 17.3 Å². The molecule has 0 aliphatic carbocycles. The molecule has 1 unspecified atom stereocenters. The van der Waals surface area contributed by atoms with Crippen molar-refractivity contribution in [2.45, 2.75) is 6.92 Å². The number of amides is 1. The monoisotopic (exact) mass is 261 g/mol. The highest BCUT2D eigenvalue weighted by Crippen LogP contribution is 2.09. The van der Waals surface area contributed by atoms with E-state index in [9.17, 15) is 9.59 Å². The van der Waals surface area contributed by atoms with E-state index in [0.717, 1.165) is 5.65 Å². The summed E-state index contributed by atoms with van der Waals surface area (Å²) >= 11 is 0. The number of pyridine rings is 1. The van der Waals surface area contributed by atoms with E-state index < -0.39 is 11.9 Å². The van der Waals surface area contributed by atoms with Crippen LogP contribution < -0.4 is 0 Å². The number of carbonyl (C=O) groups excluding carboxylic acids is 1. The van der Waals surface area contributed by atoms with Crippen molar-refractivity contribution >= 4 is 17.5 Å². The minimum atomic E-state index is -0.912. The van der Waals surface area contributed by atoms with Gasteiger partial charge in [-0.3, -0.25) is 9.59 Å². The van der Waals surface area contributed by atoms with E-state index in [4.69, 9.17) is 5.11 Å². The Bertz CT molecular complexity index is 620. The Hall–Kier alpha value is -2.37. The topological polar surface area (TPSA) is 74.9 Å². The van der Waals surface area contributed by atoms with Crippen molar-refractivity contribution < 1.29 is 14.7 Å². The number of imidazole rings is 1. The number of fused-ring (bicyclic) bond motifs is 1. The van der Waals surface area contributed by atoms with Crippen LogP contribution in [0.15, 0.2) is 30.7 Å². The summed E-state index contributed by atoms with van der Waals surface area (Å²) in [6, 6.07) is 3.44. The number of hydrogen-bond acceptors (Lipinski definition) is 3. The number of aromatic nitrogens is 2. The van der Waals surface area contributed by atoms with Crippen molar-refractivity contribution in [1.29, 1.82) is 0 Å². The maximum atomic E-state index is 12.2. The molecule has 0 aliphatic rings. The van der Waals surface area contributed by atoms with Gasteiger partial charge in [0.25, 0.3) is 5.91 Å². The number of hydrogen-bond donors (Lipinski definition) is 1. The van der Waals surface area contributed by atoms with Crippen LogP contribution in [0.3, 0.4) is 0 Å². The molecule has 1 N–H and O–H groups in total. The summed E-state index contributed by atoms with van der Waals surface area (Å²) in [7, 11) is 1.60. The lowest BCUT2D eigenvalue weighted by atomic mass is 10.1. The number of rotatable bonds is 4. The molecule has 0 saturated carbocycles. The van der Waals surface area contributed by atoms with Crippen molar-refractivity contribution in [2.24, 2.45) is 5.92 Å². The maximum Gasteiger partial charge on any atom is 0.308 e. The standard InChI is InChI=1S/C13H15N3O3/c1-9(13(18)19)7-15(2)12(17)10-3-4-11-14-5-6-16(11)8-10/h3-6,8-9H,7H2,1-2H3,(H,18,19). The third-order valence-electron chi connectivity index (χ3n) is 2.95. The first-order chi connectivity index (χ1) is 8.99. The molecule has 19 heavy (non-hydrogen) atoms.